The third kappa shape index (κ3) is 3.06. The van der Waals surface area contributed by atoms with E-state index >= 15 is 0 Å². The zero-order valence-corrected chi connectivity index (χ0v) is 11.4. The Morgan fingerprint density at radius 1 is 1.38 bits per heavy atom. The van der Waals surface area contributed by atoms with E-state index in [1.807, 2.05) is 11.3 Å². The van der Waals surface area contributed by atoms with Gasteiger partial charge in [-0.1, -0.05) is 0 Å². The van der Waals surface area contributed by atoms with E-state index in [0.29, 0.717) is 0 Å². The lowest BCUT2D eigenvalue weighted by atomic mass is 10.1. The molecule has 0 radical (unpaired) electrons. The van der Waals surface area contributed by atoms with Gasteiger partial charge in [-0.3, -0.25) is 0 Å². The van der Waals surface area contributed by atoms with E-state index in [4.69, 9.17) is 0 Å². The van der Waals surface area contributed by atoms with Crippen molar-refractivity contribution in [2.45, 2.75) is 39.3 Å². The van der Waals surface area contributed by atoms with Gasteiger partial charge in [0.2, 0.25) is 0 Å². The molecule has 0 saturated carbocycles. The van der Waals surface area contributed by atoms with Gasteiger partial charge in [-0.15, -0.1) is 11.3 Å². The molecule has 16 heavy (non-hydrogen) atoms. The number of thiophene rings is 1. The molecule has 0 bridgehead atoms. The van der Waals surface area contributed by atoms with Crippen LogP contribution in [0.1, 0.15) is 28.2 Å². The monoisotopic (exact) mass is 238 g/mol. The lowest BCUT2D eigenvalue weighted by molar-refractivity contribution is 0.234. The Balaban J connectivity index is 1.81. The molecule has 1 fully saturated rings. The average molecular weight is 238 g/mol. The van der Waals surface area contributed by atoms with Crippen molar-refractivity contribution in [3.05, 3.63) is 21.4 Å². The van der Waals surface area contributed by atoms with Gasteiger partial charge in [-0.05, 0) is 58.5 Å². The van der Waals surface area contributed by atoms with Gasteiger partial charge >= 0.3 is 0 Å². The second-order valence-electron chi connectivity index (χ2n) is 4.90. The molecule has 90 valence electrons. The summed E-state index contributed by atoms with van der Waals surface area (Å²) in [5.74, 6) is 0. The summed E-state index contributed by atoms with van der Waals surface area (Å²) in [4.78, 5) is 5.31. The third-order valence-corrected chi connectivity index (χ3v) is 4.45. The highest BCUT2D eigenvalue weighted by molar-refractivity contribution is 7.12. The number of hydrogen-bond donors (Lipinski definition) is 1. The SMILES string of the molecule is Cc1cc(CNC2CCN(C)CC2)c(C)s1. The summed E-state index contributed by atoms with van der Waals surface area (Å²) < 4.78 is 0. The Labute approximate surface area is 103 Å². The van der Waals surface area contributed by atoms with Crippen molar-refractivity contribution in [1.29, 1.82) is 0 Å². The third-order valence-electron chi connectivity index (χ3n) is 3.44. The predicted octanol–water partition coefficient (Wildman–Crippen LogP) is 2.55. The smallest absolute Gasteiger partial charge is 0.0219 e. The van der Waals surface area contributed by atoms with E-state index in [2.05, 4.69) is 37.2 Å². The molecule has 3 heteroatoms. The number of nitrogens with one attached hydrogen (secondary N) is 1. The molecular weight excluding hydrogens is 216 g/mol. The number of rotatable bonds is 3. The number of aryl methyl sites for hydroxylation is 2. The molecule has 1 aromatic rings. The van der Waals surface area contributed by atoms with Gasteiger partial charge in [0.15, 0.2) is 0 Å². The zero-order valence-electron chi connectivity index (χ0n) is 10.5. The van der Waals surface area contributed by atoms with Crippen LogP contribution in [-0.4, -0.2) is 31.1 Å². The van der Waals surface area contributed by atoms with Gasteiger partial charge in [0.1, 0.15) is 0 Å². The Bertz CT molecular complexity index is 338. The van der Waals surface area contributed by atoms with Gasteiger partial charge in [-0.2, -0.15) is 0 Å². The van der Waals surface area contributed by atoms with Crippen LogP contribution in [0.25, 0.3) is 0 Å². The molecule has 2 rings (SSSR count). The molecule has 0 aliphatic carbocycles. The molecule has 0 unspecified atom stereocenters. The first-order valence-corrected chi connectivity index (χ1v) is 6.94. The average Bonchev–Trinajstić information content (AvgIpc) is 2.57. The summed E-state index contributed by atoms with van der Waals surface area (Å²) in [6.07, 6.45) is 2.58. The largest absolute Gasteiger partial charge is 0.310 e. The molecule has 1 aromatic heterocycles. The van der Waals surface area contributed by atoms with Crippen molar-refractivity contribution in [1.82, 2.24) is 10.2 Å². The quantitative estimate of drug-likeness (QED) is 0.870. The van der Waals surface area contributed by atoms with Crippen molar-refractivity contribution >= 4 is 11.3 Å². The summed E-state index contributed by atoms with van der Waals surface area (Å²) in [7, 11) is 2.21. The highest BCUT2D eigenvalue weighted by Crippen LogP contribution is 2.20. The highest BCUT2D eigenvalue weighted by Gasteiger charge is 2.16. The summed E-state index contributed by atoms with van der Waals surface area (Å²) in [6, 6.07) is 3.04. The molecule has 0 atom stereocenters. The fourth-order valence-electron chi connectivity index (χ4n) is 2.33. The summed E-state index contributed by atoms with van der Waals surface area (Å²) in [5, 5.41) is 3.69. The maximum absolute atomic E-state index is 3.69. The molecule has 1 aliphatic heterocycles. The van der Waals surface area contributed by atoms with Crippen LogP contribution in [0.2, 0.25) is 0 Å². The van der Waals surface area contributed by atoms with Crippen LogP contribution in [0.15, 0.2) is 6.07 Å². The fourth-order valence-corrected chi connectivity index (χ4v) is 3.27. The van der Waals surface area contributed by atoms with E-state index in [-0.39, 0.29) is 0 Å². The van der Waals surface area contributed by atoms with Gasteiger partial charge in [0.05, 0.1) is 0 Å². The molecule has 0 amide bonds. The van der Waals surface area contributed by atoms with Crippen LogP contribution < -0.4 is 5.32 Å². The Kier molecular flexibility index (Phi) is 4.00. The maximum Gasteiger partial charge on any atom is 0.0219 e. The second kappa shape index (κ2) is 5.30. The van der Waals surface area contributed by atoms with E-state index < -0.39 is 0 Å². The Morgan fingerprint density at radius 2 is 2.06 bits per heavy atom. The van der Waals surface area contributed by atoms with Crippen molar-refractivity contribution < 1.29 is 0 Å². The fraction of sp³-hybridized carbons (Fsp3) is 0.692. The van der Waals surface area contributed by atoms with Gasteiger partial charge in [0.25, 0.3) is 0 Å². The molecule has 0 aromatic carbocycles. The van der Waals surface area contributed by atoms with Crippen molar-refractivity contribution in [3.63, 3.8) is 0 Å². The maximum atomic E-state index is 3.69. The number of nitrogens with zero attached hydrogens (tertiary/aromatic N) is 1. The minimum absolute atomic E-state index is 0.718. The lowest BCUT2D eigenvalue weighted by Gasteiger charge is -2.29. The van der Waals surface area contributed by atoms with Gasteiger partial charge in [0, 0.05) is 22.3 Å². The van der Waals surface area contributed by atoms with Crippen LogP contribution >= 0.6 is 11.3 Å². The van der Waals surface area contributed by atoms with E-state index in [0.717, 1.165) is 12.6 Å². The van der Waals surface area contributed by atoms with Crippen LogP contribution in [0.4, 0.5) is 0 Å². The number of hydrogen-bond acceptors (Lipinski definition) is 3. The predicted molar refractivity (Wildman–Crippen MR) is 71.2 cm³/mol. The van der Waals surface area contributed by atoms with Gasteiger partial charge < -0.3 is 10.2 Å². The number of piperidine rings is 1. The molecular formula is C13H22N2S. The zero-order chi connectivity index (χ0) is 11.5. The lowest BCUT2D eigenvalue weighted by Crippen LogP contribution is -2.40. The molecule has 0 spiro atoms. The van der Waals surface area contributed by atoms with Gasteiger partial charge in [-0.25, -0.2) is 0 Å². The number of likely N-dealkylation sites (tertiary alicyclic amines) is 1. The van der Waals surface area contributed by atoms with Crippen LogP contribution in [0, 0.1) is 13.8 Å². The first-order chi connectivity index (χ1) is 7.65. The molecule has 1 N–H and O–H groups in total. The molecule has 1 aliphatic rings. The van der Waals surface area contributed by atoms with Crippen molar-refractivity contribution in [2.24, 2.45) is 0 Å². The highest BCUT2D eigenvalue weighted by atomic mass is 32.1. The van der Waals surface area contributed by atoms with Crippen molar-refractivity contribution in [2.75, 3.05) is 20.1 Å². The van der Waals surface area contributed by atoms with E-state index in [9.17, 15) is 0 Å². The van der Waals surface area contributed by atoms with E-state index in [1.54, 1.807) is 0 Å². The summed E-state index contributed by atoms with van der Waals surface area (Å²) in [5.41, 5.74) is 1.49. The standard InChI is InChI=1S/C13H22N2S/c1-10-8-12(11(2)16-10)9-14-13-4-6-15(3)7-5-13/h8,13-14H,4-7,9H2,1-3H3. The first kappa shape index (κ1) is 12.1. The molecule has 2 nitrogen and oxygen atoms in total. The van der Waals surface area contributed by atoms with Crippen LogP contribution in [0.3, 0.4) is 0 Å². The molecule has 1 saturated heterocycles. The normalized spacial score (nSPS) is 19.2. The molecule has 2 heterocycles. The van der Waals surface area contributed by atoms with Crippen LogP contribution in [-0.2, 0) is 6.54 Å². The Morgan fingerprint density at radius 3 is 2.62 bits per heavy atom. The van der Waals surface area contributed by atoms with Crippen LogP contribution in [0.5, 0.6) is 0 Å². The topological polar surface area (TPSA) is 15.3 Å². The van der Waals surface area contributed by atoms with E-state index in [1.165, 1.54) is 41.2 Å². The summed E-state index contributed by atoms with van der Waals surface area (Å²) >= 11 is 1.91. The first-order valence-electron chi connectivity index (χ1n) is 6.13. The van der Waals surface area contributed by atoms with Crippen molar-refractivity contribution in [3.8, 4) is 0 Å². The Hall–Kier alpha value is -0.380. The summed E-state index contributed by atoms with van der Waals surface area (Å²) in [6.45, 7) is 7.93. The minimum Gasteiger partial charge on any atom is -0.310 e. The minimum atomic E-state index is 0.718. The second-order valence-corrected chi connectivity index (χ2v) is 6.36.